The molecule has 0 aliphatic carbocycles. The summed E-state index contributed by atoms with van der Waals surface area (Å²) in [7, 11) is 0. The van der Waals surface area contributed by atoms with Gasteiger partial charge in [0.15, 0.2) is 0 Å². The first-order valence-corrected chi connectivity index (χ1v) is 9.26. The molecular formula is C20H19N3O3S. The van der Waals surface area contributed by atoms with E-state index in [2.05, 4.69) is 15.8 Å². The summed E-state index contributed by atoms with van der Waals surface area (Å²) in [6.07, 6.45) is 0. The molecule has 1 heterocycles. The number of carbonyl (C=O) groups is 2. The number of hydrogen-bond donors (Lipinski definition) is 2. The molecule has 7 heteroatoms. The van der Waals surface area contributed by atoms with Gasteiger partial charge >= 0.3 is 0 Å². The van der Waals surface area contributed by atoms with Crippen LogP contribution in [0.4, 0.5) is 0 Å². The molecule has 2 amide bonds. The van der Waals surface area contributed by atoms with E-state index in [1.54, 1.807) is 31.2 Å². The van der Waals surface area contributed by atoms with E-state index in [1.807, 2.05) is 37.3 Å². The number of amides is 2. The Kier molecular flexibility index (Phi) is 5.83. The summed E-state index contributed by atoms with van der Waals surface area (Å²) in [5.74, 6) is -0.116. The van der Waals surface area contributed by atoms with Gasteiger partial charge in [-0.1, -0.05) is 30.3 Å². The fourth-order valence-electron chi connectivity index (χ4n) is 2.42. The van der Waals surface area contributed by atoms with E-state index >= 15 is 0 Å². The van der Waals surface area contributed by atoms with Gasteiger partial charge in [0.05, 0.1) is 12.3 Å². The van der Waals surface area contributed by atoms with Crippen molar-refractivity contribution in [1.29, 1.82) is 0 Å². The summed E-state index contributed by atoms with van der Waals surface area (Å²) in [4.78, 5) is 29.5. The lowest BCUT2D eigenvalue weighted by Gasteiger charge is -2.07. The Labute approximate surface area is 161 Å². The highest BCUT2D eigenvalue weighted by molar-refractivity contribution is 7.17. The highest BCUT2D eigenvalue weighted by atomic mass is 32.1. The highest BCUT2D eigenvalue weighted by Gasteiger charge is 2.17. The molecule has 0 atom stereocenters. The van der Waals surface area contributed by atoms with Crippen LogP contribution in [0.2, 0.25) is 0 Å². The van der Waals surface area contributed by atoms with Gasteiger partial charge in [-0.05, 0) is 38.1 Å². The molecule has 3 rings (SSSR count). The predicted molar refractivity (Wildman–Crippen MR) is 105 cm³/mol. The summed E-state index contributed by atoms with van der Waals surface area (Å²) in [5.41, 5.74) is 6.85. The zero-order chi connectivity index (χ0) is 19.2. The smallest absolute Gasteiger partial charge is 0.281 e. The van der Waals surface area contributed by atoms with Crippen molar-refractivity contribution in [2.75, 3.05) is 6.61 Å². The Morgan fingerprint density at radius 1 is 1.00 bits per heavy atom. The molecule has 1 aromatic heterocycles. The Bertz CT molecular complexity index is 937. The zero-order valence-corrected chi connectivity index (χ0v) is 15.8. The van der Waals surface area contributed by atoms with Gasteiger partial charge in [0.2, 0.25) is 0 Å². The predicted octanol–water partition coefficient (Wildman–Crippen LogP) is 3.59. The number of rotatable bonds is 5. The number of hydrazine groups is 1. The van der Waals surface area contributed by atoms with Gasteiger partial charge in [0, 0.05) is 11.1 Å². The average molecular weight is 381 g/mol. The average Bonchev–Trinajstić information content (AvgIpc) is 3.09. The molecule has 0 bridgehead atoms. The molecule has 0 fully saturated rings. The van der Waals surface area contributed by atoms with Crippen LogP contribution in [0.5, 0.6) is 5.75 Å². The molecule has 2 N–H and O–H groups in total. The fraction of sp³-hybridized carbons (Fsp3) is 0.150. The molecule has 3 aromatic rings. The van der Waals surface area contributed by atoms with Crippen LogP contribution < -0.4 is 15.6 Å². The third-order valence-corrected chi connectivity index (χ3v) is 4.95. The summed E-state index contributed by atoms with van der Waals surface area (Å²) in [6.45, 7) is 4.22. The largest absolute Gasteiger partial charge is 0.494 e. The van der Waals surface area contributed by atoms with Crippen molar-refractivity contribution in [3.05, 3.63) is 70.7 Å². The van der Waals surface area contributed by atoms with Crippen LogP contribution in [-0.2, 0) is 0 Å². The molecule has 0 spiro atoms. The molecule has 2 aromatic carbocycles. The lowest BCUT2D eigenvalue weighted by molar-refractivity contribution is 0.0848. The maximum absolute atomic E-state index is 12.4. The number of aryl methyl sites for hydroxylation is 1. The summed E-state index contributed by atoms with van der Waals surface area (Å²) in [6, 6.07) is 16.3. The number of benzene rings is 2. The van der Waals surface area contributed by atoms with Crippen LogP contribution in [0.1, 0.15) is 32.6 Å². The molecule has 6 nitrogen and oxygen atoms in total. The molecule has 138 valence electrons. The second kappa shape index (κ2) is 8.46. The quantitative estimate of drug-likeness (QED) is 0.662. The lowest BCUT2D eigenvalue weighted by atomic mass is 10.2. The molecule has 0 saturated carbocycles. The van der Waals surface area contributed by atoms with Crippen molar-refractivity contribution in [3.63, 3.8) is 0 Å². The van der Waals surface area contributed by atoms with Crippen molar-refractivity contribution in [1.82, 2.24) is 15.8 Å². The maximum Gasteiger partial charge on any atom is 0.281 e. The topological polar surface area (TPSA) is 80.3 Å². The van der Waals surface area contributed by atoms with Crippen LogP contribution in [0.25, 0.3) is 10.6 Å². The van der Waals surface area contributed by atoms with Gasteiger partial charge in [0.1, 0.15) is 15.6 Å². The van der Waals surface area contributed by atoms with Crippen molar-refractivity contribution < 1.29 is 14.3 Å². The first kappa shape index (κ1) is 18.6. The molecule has 0 saturated heterocycles. The number of nitrogens with one attached hydrogen (secondary N) is 2. The van der Waals surface area contributed by atoms with Crippen LogP contribution >= 0.6 is 11.3 Å². The van der Waals surface area contributed by atoms with E-state index in [1.165, 1.54) is 11.3 Å². The number of thiazole rings is 1. The minimum Gasteiger partial charge on any atom is -0.494 e. The van der Waals surface area contributed by atoms with Gasteiger partial charge in [-0.3, -0.25) is 20.4 Å². The van der Waals surface area contributed by atoms with E-state index in [4.69, 9.17) is 4.74 Å². The SMILES string of the molecule is CCOc1ccc(C(=O)NNC(=O)c2sc(-c3ccccc3)nc2C)cc1. The van der Waals surface area contributed by atoms with Gasteiger partial charge in [0.25, 0.3) is 11.8 Å². The Morgan fingerprint density at radius 2 is 1.67 bits per heavy atom. The first-order valence-electron chi connectivity index (χ1n) is 8.45. The molecule has 0 aliphatic rings. The molecule has 27 heavy (non-hydrogen) atoms. The Hall–Kier alpha value is -3.19. The Morgan fingerprint density at radius 3 is 2.33 bits per heavy atom. The third-order valence-electron chi connectivity index (χ3n) is 3.74. The van der Waals surface area contributed by atoms with Gasteiger partial charge in [-0.15, -0.1) is 11.3 Å². The summed E-state index contributed by atoms with van der Waals surface area (Å²) in [5, 5.41) is 0.760. The zero-order valence-electron chi connectivity index (χ0n) is 15.0. The van der Waals surface area contributed by atoms with E-state index < -0.39 is 11.8 Å². The van der Waals surface area contributed by atoms with E-state index in [-0.39, 0.29) is 0 Å². The van der Waals surface area contributed by atoms with Crippen molar-refractivity contribution in [3.8, 4) is 16.3 Å². The van der Waals surface area contributed by atoms with Crippen LogP contribution in [0.15, 0.2) is 54.6 Å². The summed E-state index contributed by atoms with van der Waals surface area (Å²) >= 11 is 1.28. The number of hydrogen-bond acceptors (Lipinski definition) is 5. The van der Waals surface area contributed by atoms with E-state index in [9.17, 15) is 9.59 Å². The first-order chi connectivity index (χ1) is 13.1. The minimum atomic E-state index is -0.406. The van der Waals surface area contributed by atoms with E-state index in [0.717, 1.165) is 10.6 Å². The minimum absolute atomic E-state index is 0.397. The fourth-order valence-corrected chi connectivity index (χ4v) is 3.39. The van der Waals surface area contributed by atoms with Crippen LogP contribution in [0, 0.1) is 6.92 Å². The molecule has 0 radical (unpaired) electrons. The normalized spacial score (nSPS) is 10.3. The molecular weight excluding hydrogens is 362 g/mol. The van der Waals surface area contributed by atoms with Crippen molar-refractivity contribution >= 4 is 23.2 Å². The second-order valence-electron chi connectivity index (χ2n) is 5.67. The summed E-state index contributed by atoms with van der Waals surface area (Å²) < 4.78 is 5.34. The lowest BCUT2D eigenvalue weighted by Crippen LogP contribution is -2.41. The number of aromatic nitrogens is 1. The molecule has 0 aliphatic heterocycles. The molecule has 0 unspecified atom stereocenters. The van der Waals surface area contributed by atoms with Gasteiger partial charge in [-0.25, -0.2) is 4.98 Å². The van der Waals surface area contributed by atoms with Crippen LogP contribution in [0.3, 0.4) is 0 Å². The van der Waals surface area contributed by atoms with Crippen LogP contribution in [-0.4, -0.2) is 23.4 Å². The van der Waals surface area contributed by atoms with Crippen molar-refractivity contribution in [2.45, 2.75) is 13.8 Å². The van der Waals surface area contributed by atoms with Gasteiger partial charge in [-0.2, -0.15) is 0 Å². The Balaban J connectivity index is 1.64. The monoisotopic (exact) mass is 381 g/mol. The number of nitrogens with zero attached hydrogens (tertiary/aromatic N) is 1. The van der Waals surface area contributed by atoms with E-state index in [0.29, 0.717) is 28.5 Å². The maximum atomic E-state index is 12.4. The second-order valence-corrected chi connectivity index (χ2v) is 6.66. The number of ether oxygens (including phenoxy) is 1. The van der Waals surface area contributed by atoms with Crippen molar-refractivity contribution in [2.24, 2.45) is 0 Å². The third kappa shape index (κ3) is 4.51. The number of carbonyl (C=O) groups excluding carboxylic acids is 2. The highest BCUT2D eigenvalue weighted by Crippen LogP contribution is 2.27. The van der Waals surface area contributed by atoms with Gasteiger partial charge < -0.3 is 4.74 Å². The standard InChI is InChI=1S/C20H19N3O3S/c1-3-26-16-11-9-14(10-12-16)18(24)22-23-19(25)17-13(2)21-20(27-17)15-7-5-4-6-8-15/h4-12H,3H2,1-2H3,(H,22,24)(H,23,25).